The van der Waals surface area contributed by atoms with Gasteiger partial charge in [-0.3, -0.25) is 4.90 Å². The molecule has 3 N–H and O–H groups in total. The van der Waals surface area contributed by atoms with Gasteiger partial charge in [0.2, 0.25) is 0 Å². The molecule has 206 valence electrons. The van der Waals surface area contributed by atoms with Crippen LogP contribution in [0.2, 0.25) is 0 Å². The van der Waals surface area contributed by atoms with Gasteiger partial charge in [0.25, 0.3) is 0 Å². The Balaban J connectivity index is 1.56. The van der Waals surface area contributed by atoms with Crippen LogP contribution in [0.25, 0.3) is 0 Å². The van der Waals surface area contributed by atoms with Gasteiger partial charge in [0, 0.05) is 30.3 Å². The van der Waals surface area contributed by atoms with E-state index in [4.69, 9.17) is 10.5 Å². The molecule has 4 aromatic rings. The Morgan fingerprint density at radius 1 is 0.925 bits per heavy atom. The van der Waals surface area contributed by atoms with Crippen molar-refractivity contribution in [3.05, 3.63) is 149 Å². The minimum absolute atomic E-state index is 0.136. The maximum atomic E-state index is 13.9. The van der Waals surface area contributed by atoms with E-state index in [0.717, 1.165) is 34.1 Å². The van der Waals surface area contributed by atoms with E-state index in [1.807, 2.05) is 48.5 Å². The van der Waals surface area contributed by atoms with Crippen molar-refractivity contribution >= 4 is 0 Å². The maximum Gasteiger partial charge on any atom is 0.126 e. The first kappa shape index (κ1) is 27.7. The molecule has 1 heterocycles. The third-order valence-electron chi connectivity index (χ3n) is 7.57. The van der Waals surface area contributed by atoms with Gasteiger partial charge < -0.3 is 15.6 Å². The summed E-state index contributed by atoms with van der Waals surface area (Å²) < 4.78 is 33.8. The number of rotatable bonds is 10. The van der Waals surface area contributed by atoms with Crippen LogP contribution in [-0.4, -0.2) is 34.8 Å². The second-order valence-corrected chi connectivity index (χ2v) is 10.3. The van der Waals surface area contributed by atoms with Crippen LogP contribution >= 0.6 is 0 Å². The molecule has 0 aromatic heterocycles. The van der Waals surface area contributed by atoms with Crippen LogP contribution in [0.5, 0.6) is 5.75 Å². The van der Waals surface area contributed by atoms with E-state index >= 15 is 0 Å². The molecule has 0 radical (unpaired) electrons. The third kappa shape index (κ3) is 6.15. The molecule has 0 saturated heterocycles. The zero-order valence-electron chi connectivity index (χ0n) is 22.3. The predicted octanol–water partition coefficient (Wildman–Crippen LogP) is 5.98. The number of halogens is 2. The van der Waals surface area contributed by atoms with Crippen LogP contribution in [0.15, 0.2) is 110 Å². The van der Waals surface area contributed by atoms with Crippen LogP contribution in [0, 0.1) is 11.6 Å². The summed E-state index contributed by atoms with van der Waals surface area (Å²) in [6.45, 7) is 4.68. The third-order valence-corrected chi connectivity index (χ3v) is 7.57. The topological polar surface area (TPSA) is 58.7 Å². The summed E-state index contributed by atoms with van der Waals surface area (Å²) in [5.41, 5.74) is 11.3. The molecule has 40 heavy (non-hydrogen) atoms. The quantitative estimate of drug-likeness (QED) is 0.243. The molecule has 3 atom stereocenters. The van der Waals surface area contributed by atoms with Crippen molar-refractivity contribution in [1.82, 2.24) is 4.90 Å². The summed E-state index contributed by atoms with van der Waals surface area (Å²) in [6.07, 6.45) is 1.41. The molecule has 1 aliphatic heterocycles. The number of fused-ring (bicyclic) bond motifs is 1. The molecule has 0 bridgehead atoms. The van der Waals surface area contributed by atoms with Crippen molar-refractivity contribution in [2.24, 2.45) is 5.73 Å². The Morgan fingerprint density at radius 3 is 2.15 bits per heavy atom. The minimum Gasteiger partial charge on any atom is -0.489 e. The number of hydrogen-bond acceptors (Lipinski definition) is 4. The Labute approximate surface area is 234 Å². The highest BCUT2D eigenvalue weighted by atomic mass is 19.1. The first-order valence-corrected chi connectivity index (χ1v) is 13.5. The van der Waals surface area contributed by atoms with Crippen LogP contribution < -0.4 is 10.5 Å². The average Bonchev–Trinajstić information content (AvgIpc) is 2.96. The Hall–Kier alpha value is -3.84. The Bertz CT molecular complexity index is 1370. The van der Waals surface area contributed by atoms with E-state index in [1.54, 1.807) is 6.08 Å². The molecule has 0 aliphatic carbocycles. The lowest BCUT2D eigenvalue weighted by atomic mass is 9.83. The molecule has 0 fully saturated rings. The zero-order valence-corrected chi connectivity index (χ0v) is 22.3. The molecule has 1 aliphatic rings. The monoisotopic (exact) mass is 540 g/mol. The number of hydrogen-bond donors (Lipinski definition) is 2. The molecular formula is C34H34F2N2O2. The molecule has 4 nitrogen and oxygen atoms in total. The Morgan fingerprint density at radius 2 is 1.55 bits per heavy atom. The van der Waals surface area contributed by atoms with Gasteiger partial charge in [-0.25, -0.2) is 8.78 Å². The summed E-state index contributed by atoms with van der Waals surface area (Å²) in [6, 6.07) is 28.4. The number of aliphatic hydroxyl groups excluding tert-OH is 1. The van der Waals surface area contributed by atoms with Gasteiger partial charge in [-0.15, -0.1) is 0 Å². The highest BCUT2D eigenvalue weighted by Crippen LogP contribution is 2.40. The Kier molecular flexibility index (Phi) is 8.70. The predicted molar refractivity (Wildman–Crippen MR) is 154 cm³/mol. The average molecular weight is 541 g/mol. The molecule has 0 saturated carbocycles. The maximum absolute atomic E-state index is 13.9. The first-order chi connectivity index (χ1) is 19.4. The fraction of sp³-hybridized carbons (Fsp3) is 0.235. The summed E-state index contributed by atoms with van der Waals surface area (Å²) in [4.78, 5) is 2.28. The number of nitrogens with two attached hydrogens (primary N) is 1. The van der Waals surface area contributed by atoms with E-state index in [2.05, 4.69) is 41.8 Å². The molecule has 6 heteroatoms. The second-order valence-electron chi connectivity index (χ2n) is 10.3. The summed E-state index contributed by atoms with van der Waals surface area (Å²) in [5.74, 6) is -0.537. The number of benzene rings is 4. The number of ether oxygens (including phenoxy) is 1. The molecule has 0 unspecified atom stereocenters. The molecular weight excluding hydrogens is 506 g/mol. The normalized spacial score (nSPS) is 16.8. The van der Waals surface area contributed by atoms with Gasteiger partial charge in [-0.05, 0) is 53.3 Å². The van der Waals surface area contributed by atoms with Gasteiger partial charge in [0.1, 0.15) is 24.0 Å². The lowest BCUT2D eigenvalue weighted by Crippen LogP contribution is -2.55. The van der Waals surface area contributed by atoms with Crippen LogP contribution in [0.4, 0.5) is 8.78 Å². The summed E-state index contributed by atoms with van der Waals surface area (Å²) in [5, 5.41) is 11.8. The first-order valence-electron chi connectivity index (χ1n) is 13.5. The number of nitrogens with zero attached hydrogens (tertiary/aromatic N) is 1. The zero-order chi connectivity index (χ0) is 28.1. The lowest BCUT2D eigenvalue weighted by Gasteiger charge is -2.45. The minimum atomic E-state index is -0.979. The van der Waals surface area contributed by atoms with Gasteiger partial charge in [0.15, 0.2) is 0 Å². The van der Waals surface area contributed by atoms with E-state index < -0.39 is 23.8 Å². The van der Waals surface area contributed by atoms with E-state index in [1.165, 1.54) is 12.1 Å². The number of aliphatic hydroxyl groups is 1. The molecule has 0 spiro atoms. The van der Waals surface area contributed by atoms with Gasteiger partial charge in [0.05, 0.1) is 12.1 Å². The van der Waals surface area contributed by atoms with Crippen molar-refractivity contribution in [2.75, 3.05) is 6.61 Å². The van der Waals surface area contributed by atoms with Gasteiger partial charge >= 0.3 is 0 Å². The molecule has 4 aromatic carbocycles. The smallest absolute Gasteiger partial charge is 0.126 e. The van der Waals surface area contributed by atoms with Crippen LogP contribution in [0.3, 0.4) is 0 Å². The van der Waals surface area contributed by atoms with Crippen molar-refractivity contribution in [3.8, 4) is 5.75 Å². The standard InChI is InChI=1S/C34H34F2N2O2/c1-2-16-40-32-15-9-14-26-20-31(34(39)30(37)19-23-17-27(35)21-28(36)18-23)38(22-29(26)32)33(24-10-5-3-6-11-24)25-12-7-4-8-13-25/h2-15,17-18,21,30-31,33-34,39H,1,16,19-20,22,37H2/t30-,31+,34-/m0/s1. The van der Waals surface area contributed by atoms with Gasteiger partial charge in [-0.1, -0.05) is 85.5 Å². The lowest BCUT2D eigenvalue weighted by molar-refractivity contribution is 0.00542. The highest BCUT2D eigenvalue weighted by Gasteiger charge is 2.40. The van der Waals surface area contributed by atoms with Crippen molar-refractivity contribution < 1.29 is 18.6 Å². The van der Waals surface area contributed by atoms with Crippen molar-refractivity contribution in [1.29, 1.82) is 0 Å². The van der Waals surface area contributed by atoms with E-state index in [0.29, 0.717) is 25.1 Å². The second kappa shape index (κ2) is 12.6. The summed E-state index contributed by atoms with van der Waals surface area (Å²) in [7, 11) is 0. The van der Waals surface area contributed by atoms with Crippen LogP contribution in [0.1, 0.15) is 33.9 Å². The van der Waals surface area contributed by atoms with E-state index in [9.17, 15) is 13.9 Å². The largest absolute Gasteiger partial charge is 0.489 e. The van der Waals surface area contributed by atoms with Crippen molar-refractivity contribution in [2.45, 2.75) is 43.6 Å². The fourth-order valence-electron chi connectivity index (χ4n) is 5.76. The SMILES string of the molecule is C=CCOc1cccc2c1CN(C(c1ccccc1)c1ccccc1)[C@@H]([C@@H](O)[C@@H](N)Cc1cc(F)cc(F)c1)C2. The molecule has 5 rings (SSSR count). The molecule has 0 amide bonds. The fourth-order valence-corrected chi connectivity index (χ4v) is 5.76. The summed E-state index contributed by atoms with van der Waals surface area (Å²) >= 11 is 0. The van der Waals surface area contributed by atoms with Crippen molar-refractivity contribution in [3.63, 3.8) is 0 Å². The van der Waals surface area contributed by atoms with Crippen LogP contribution in [-0.2, 0) is 19.4 Å². The van der Waals surface area contributed by atoms with Gasteiger partial charge in [-0.2, -0.15) is 0 Å². The van der Waals surface area contributed by atoms with E-state index in [-0.39, 0.29) is 18.5 Å². The highest BCUT2D eigenvalue weighted by molar-refractivity contribution is 5.44.